The minimum Gasteiger partial charge on any atom is -0.480 e. The van der Waals surface area contributed by atoms with Gasteiger partial charge in [0.1, 0.15) is 24.6 Å². The molecule has 2 saturated heterocycles. The fourth-order valence-electron chi connectivity index (χ4n) is 2.92. The Morgan fingerprint density at radius 1 is 1.43 bits per heavy atom. The van der Waals surface area contributed by atoms with Crippen molar-refractivity contribution in [3.63, 3.8) is 0 Å². The molecule has 2 aliphatic rings. The maximum atomic E-state index is 12.5. The number of carboxylic acids is 1. The van der Waals surface area contributed by atoms with Gasteiger partial charge in [-0.25, -0.2) is 13.2 Å². The van der Waals surface area contributed by atoms with Crippen molar-refractivity contribution in [2.45, 2.75) is 36.1 Å². The average molecular weight is 350 g/mol. The van der Waals surface area contributed by atoms with Crippen LogP contribution in [-0.2, 0) is 29.0 Å². The normalized spacial score (nSPS) is 31.9. The molecule has 0 aromatic carbocycles. The number of hydrogen-bond acceptors (Lipinski definition) is 8. The highest BCUT2D eigenvalue weighted by atomic mass is 32.2. The zero-order valence-electron chi connectivity index (χ0n) is 12.5. The summed E-state index contributed by atoms with van der Waals surface area (Å²) in [7, 11) is -3.96. The molecule has 2 heterocycles. The van der Waals surface area contributed by atoms with Crippen molar-refractivity contribution < 1.29 is 37.8 Å². The molecule has 0 aromatic rings. The second kappa shape index (κ2) is 5.42. The number of nitrogens with zero attached hydrogens (tertiary/aromatic N) is 1. The number of amides is 1. The molecule has 4 atom stereocenters. The molecule has 4 N–H and O–H groups in total. The highest BCUT2D eigenvalue weighted by Gasteiger charge is 2.72. The first-order valence-electron chi connectivity index (χ1n) is 6.80. The van der Waals surface area contributed by atoms with Gasteiger partial charge in [0.15, 0.2) is 15.2 Å². The summed E-state index contributed by atoms with van der Waals surface area (Å²) in [6, 6.07) is -2.78. The minimum atomic E-state index is -3.96. The molecule has 2 fully saturated rings. The Morgan fingerprint density at radius 2 is 2.00 bits per heavy atom. The molecule has 11 heteroatoms. The molecule has 0 radical (unpaired) electrons. The molecule has 2 rings (SSSR count). The van der Waals surface area contributed by atoms with E-state index in [-0.39, 0.29) is 0 Å². The van der Waals surface area contributed by atoms with Gasteiger partial charge in [0.2, 0.25) is 5.91 Å². The van der Waals surface area contributed by atoms with Crippen LogP contribution in [0.15, 0.2) is 0 Å². The standard InChI is InChI=1S/C12H18N2O8S/c1-12(2)7(10(17)18)14-8(16)5(9(14)23(12,20)21)4-22-11(19)6(13)3-15/h5-7,9,15H,3-4,13H2,1-2H3,(H,17,18)/t5-,6+,7-,9+/m0/s1. The number of carbonyl (C=O) groups is 3. The fourth-order valence-corrected chi connectivity index (χ4v) is 5.22. The minimum absolute atomic E-state index is 0.534. The van der Waals surface area contributed by atoms with Gasteiger partial charge in [-0.05, 0) is 13.8 Å². The molecule has 0 unspecified atom stereocenters. The lowest BCUT2D eigenvalue weighted by Crippen LogP contribution is -2.64. The number of aliphatic hydroxyl groups is 1. The summed E-state index contributed by atoms with van der Waals surface area (Å²) < 4.78 is 28.1. The van der Waals surface area contributed by atoms with Gasteiger partial charge in [-0.15, -0.1) is 0 Å². The van der Waals surface area contributed by atoms with Crippen LogP contribution in [0.25, 0.3) is 0 Å². The van der Waals surface area contributed by atoms with Gasteiger partial charge < -0.3 is 25.6 Å². The van der Waals surface area contributed by atoms with E-state index in [1.807, 2.05) is 0 Å². The van der Waals surface area contributed by atoms with Crippen LogP contribution in [0, 0.1) is 5.92 Å². The summed E-state index contributed by atoms with van der Waals surface area (Å²) in [6.07, 6.45) is 0. The number of carboxylic acid groups (broad SMARTS) is 1. The summed E-state index contributed by atoms with van der Waals surface area (Å²) in [6.45, 7) is 1.31. The number of nitrogens with two attached hydrogens (primary N) is 1. The van der Waals surface area contributed by atoms with Crippen LogP contribution in [0.2, 0.25) is 0 Å². The number of sulfone groups is 1. The lowest BCUT2D eigenvalue weighted by molar-refractivity contribution is -0.169. The van der Waals surface area contributed by atoms with Crippen LogP contribution in [0.5, 0.6) is 0 Å². The van der Waals surface area contributed by atoms with Crippen molar-refractivity contribution in [2.75, 3.05) is 13.2 Å². The quantitative estimate of drug-likeness (QED) is 0.353. The predicted molar refractivity (Wildman–Crippen MR) is 74.6 cm³/mol. The molecule has 0 aliphatic carbocycles. The van der Waals surface area contributed by atoms with E-state index in [1.165, 1.54) is 13.8 Å². The maximum absolute atomic E-state index is 12.5. The third-order valence-electron chi connectivity index (χ3n) is 4.32. The number of fused-ring (bicyclic) bond motifs is 1. The largest absolute Gasteiger partial charge is 0.480 e. The van der Waals surface area contributed by atoms with Crippen LogP contribution >= 0.6 is 0 Å². The number of ether oxygens (including phenoxy) is 1. The van der Waals surface area contributed by atoms with Gasteiger partial charge in [-0.3, -0.25) is 9.59 Å². The van der Waals surface area contributed by atoms with Crippen molar-refractivity contribution in [3.05, 3.63) is 0 Å². The van der Waals surface area contributed by atoms with E-state index in [0.29, 0.717) is 0 Å². The lowest BCUT2D eigenvalue weighted by Gasteiger charge is -2.42. The van der Waals surface area contributed by atoms with Crippen molar-refractivity contribution in [2.24, 2.45) is 11.7 Å². The number of aliphatic hydroxyl groups excluding tert-OH is 1. The number of esters is 1. The first kappa shape index (κ1) is 17.6. The zero-order valence-corrected chi connectivity index (χ0v) is 13.3. The molecular formula is C12H18N2O8S. The molecule has 1 amide bonds. The van der Waals surface area contributed by atoms with E-state index in [4.69, 9.17) is 15.6 Å². The molecule has 0 aromatic heterocycles. The highest BCUT2D eigenvalue weighted by Crippen LogP contribution is 2.48. The van der Waals surface area contributed by atoms with Crippen molar-refractivity contribution in [3.8, 4) is 0 Å². The smallest absolute Gasteiger partial charge is 0.328 e. The van der Waals surface area contributed by atoms with Crippen LogP contribution in [0.4, 0.5) is 0 Å². The Bertz CT molecular complexity index is 658. The Kier molecular flexibility index (Phi) is 4.16. The summed E-state index contributed by atoms with van der Waals surface area (Å²) in [5.74, 6) is -4.25. The summed E-state index contributed by atoms with van der Waals surface area (Å²) in [5.41, 5.74) is 5.25. The molecule has 130 valence electrons. The molecule has 0 saturated carbocycles. The van der Waals surface area contributed by atoms with Crippen molar-refractivity contribution >= 4 is 27.7 Å². The SMILES string of the molecule is CC1(C)[C@H](C(=O)O)N2C(=O)[C@H](COC(=O)[C@H](N)CO)[C@H]2S1(=O)=O. The zero-order chi connectivity index (χ0) is 17.7. The van der Waals surface area contributed by atoms with Gasteiger partial charge in [0, 0.05) is 0 Å². The second-order valence-electron chi connectivity index (χ2n) is 6.05. The summed E-state index contributed by atoms with van der Waals surface area (Å²) >= 11 is 0. The van der Waals surface area contributed by atoms with Crippen LogP contribution in [0.3, 0.4) is 0 Å². The van der Waals surface area contributed by atoms with Gasteiger partial charge >= 0.3 is 11.9 Å². The first-order valence-corrected chi connectivity index (χ1v) is 8.34. The van der Waals surface area contributed by atoms with E-state index in [1.54, 1.807) is 0 Å². The molecule has 2 aliphatic heterocycles. The van der Waals surface area contributed by atoms with Crippen LogP contribution in [-0.4, -0.2) is 76.8 Å². The molecular weight excluding hydrogens is 332 g/mol. The second-order valence-corrected chi connectivity index (χ2v) is 8.68. The van der Waals surface area contributed by atoms with E-state index in [2.05, 4.69) is 0 Å². The van der Waals surface area contributed by atoms with E-state index in [9.17, 15) is 27.9 Å². The summed E-state index contributed by atoms with van der Waals surface area (Å²) in [4.78, 5) is 35.7. The van der Waals surface area contributed by atoms with Gasteiger partial charge in [0.25, 0.3) is 0 Å². The van der Waals surface area contributed by atoms with Gasteiger partial charge in [-0.1, -0.05) is 0 Å². The van der Waals surface area contributed by atoms with Crippen LogP contribution < -0.4 is 5.73 Å². The number of rotatable bonds is 5. The molecule has 0 bridgehead atoms. The average Bonchev–Trinajstić information content (AvgIpc) is 2.60. The first-order chi connectivity index (χ1) is 10.5. The van der Waals surface area contributed by atoms with E-state index < -0.39 is 69.0 Å². The van der Waals surface area contributed by atoms with Crippen molar-refractivity contribution in [1.29, 1.82) is 0 Å². The van der Waals surface area contributed by atoms with Crippen molar-refractivity contribution in [1.82, 2.24) is 4.90 Å². The third-order valence-corrected chi connectivity index (χ3v) is 7.20. The number of β-lactam (4-membered cyclic amide) rings is 1. The maximum Gasteiger partial charge on any atom is 0.328 e. The number of hydrogen-bond donors (Lipinski definition) is 3. The Balaban J connectivity index is 2.22. The molecule has 0 spiro atoms. The monoisotopic (exact) mass is 350 g/mol. The lowest BCUT2D eigenvalue weighted by atomic mass is 9.92. The fraction of sp³-hybridized carbons (Fsp3) is 0.750. The molecule has 23 heavy (non-hydrogen) atoms. The van der Waals surface area contributed by atoms with Gasteiger partial charge in [-0.2, -0.15) is 0 Å². The predicted octanol–water partition coefficient (Wildman–Crippen LogP) is -2.71. The van der Waals surface area contributed by atoms with Gasteiger partial charge in [0.05, 0.1) is 11.4 Å². The number of aliphatic carboxylic acids is 1. The third kappa shape index (κ3) is 2.30. The molecule has 10 nitrogen and oxygen atoms in total. The van der Waals surface area contributed by atoms with Crippen LogP contribution in [0.1, 0.15) is 13.8 Å². The summed E-state index contributed by atoms with van der Waals surface area (Å²) in [5, 5.41) is 16.6. The van der Waals surface area contributed by atoms with E-state index >= 15 is 0 Å². The Morgan fingerprint density at radius 3 is 2.48 bits per heavy atom. The number of carbonyl (C=O) groups excluding carboxylic acids is 2. The Hall–Kier alpha value is -1.72. The highest BCUT2D eigenvalue weighted by molar-refractivity contribution is 7.93. The van der Waals surface area contributed by atoms with E-state index in [0.717, 1.165) is 4.90 Å². The Labute approximate surface area is 132 Å². The topological polar surface area (TPSA) is 164 Å².